The number of piperidine rings is 1. The van der Waals surface area contributed by atoms with Gasteiger partial charge in [0, 0.05) is 12.6 Å². The maximum absolute atomic E-state index is 12.1. The number of rotatable bonds is 3. The first-order valence-corrected chi connectivity index (χ1v) is 7.63. The zero-order chi connectivity index (χ0) is 17.0. The van der Waals surface area contributed by atoms with Crippen molar-refractivity contribution >= 4 is 11.8 Å². The van der Waals surface area contributed by atoms with Crippen LogP contribution in [0, 0.1) is 10.1 Å². The lowest BCUT2D eigenvalue weighted by Crippen LogP contribution is -2.46. The van der Waals surface area contributed by atoms with Crippen molar-refractivity contribution in [1.29, 1.82) is 0 Å². The zero-order valence-corrected chi connectivity index (χ0v) is 13.7. The van der Waals surface area contributed by atoms with Gasteiger partial charge in [-0.05, 0) is 39.7 Å². The Labute approximate surface area is 135 Å². The van der Waals surface area contributed by atoms with Gasteiger partial charge < -0.3 is 14.4 Å². The fraction of sp³-hybridized carbons (Fsp3) is 0.562. The Kier molecular flexibility index (Phi) is 5.08. The summed E-state index contributed by atoms with van der Waals surface area (Å²) in [6.07, 6.45) is 1.05. The van der Waals surface area contributed by atoms with Crippen LogP contribution in [0.5, 0.6) is 5.75 Å². The third-order valence-electron chi connectivity index (χ3n) is 3.36. The second kappa shape index (κ2) is 6.85. The van der Waals surface area contributed by atoms with Crippen molar-refractivity contribution in [2.24, 2.45) is 0 Å². The number of amides is 1. The van der Waals surface area contributed by atoms with Gasteiger partial charge in [-0.25, -0.2) is 4.79 Å². The van der Waals surface area contributed by atoms with Crippen LogP contribution in [-0.2, 0) is 4.74 Å². The van der Waals surface area contributed by atoms with Crippen molar-refractivity contribution in [3.8, 4) is 5.75 Å². The molecule has 0 N–H and O–H groups in total. The highest BCUT2D eigenvalue weighted by atomic mass is 16.6. The van der Waals surface area contributed by atoms with E-state index < -0.39 is 10.5 Å². The summed E-state index contributed by atoms with van der Waals surface area (Å²) in [5.74, 6) is 0.440. The third-order valence-corrected chi connectivity index (χ3v) is 3.36. The van der Waals surface area contributed by atoms with Crippen LogP contribution >= 0.6 is 0 Å². The lowest BCUT2D eigenvalue weighted by atomic mass is 10.1. The maximum atomic E-state index is 12.1. The first-order valence-electron chi connectivity index (χ1n) is 7.63. The summed E-state index contributed by atoms with van der Waals surface area (Å²) in [5, 5.41) is 10.8. The van der Waals surface area contributed by atoms with E-state index in [2.05, 4.69) is 0 Å². The minimum absolute atomic E-state index is 0.0118. The Morgan fingerprint density at radius 1 is 1.39 bits per heavy atom. The second-order valence-corrected chi connectivity index (χ2v) is 6.56. The summed E-state index contributed by atoms with van der Waals surface area (Å²) in [5.41, 5.74) is -0.549. The van der Waals surface area contributed by atoms with Crippen molar-refractivity contribution in [3.05, 3.63) is 34.4 Å². The van der Waals surface area contributed by atoms with Gasteiger partial charge in [-0.3, -0.25) is 10.1 Å². The molecule has 126 valence electrons. The number of carbonyl (C=O) groups is 1. The summed E-state index contributed by atoms with van der Waals surface area (Å²) in [7, 11) is 0. The van der Waals surface area contributed by atoms with E-state index in [1.165, 1.54) is 12.1 Å². The molecule has 0 aromatic heterocycles. The molecular weight excluding hydrogens is 300 g/mol. The van der Waals surface area contributed by atoms with Crippen molar-refractivity contribution in [3.63, 3.8) is 0 Å². The van der Waals surface area contributed by atoms with E-state index in [4.69, 9.17) is 9.47 Å². The normalized spacial score (nSPS) is 18.4. The van der Waals surface area contributed by atoms with Crippen molar-refractivity contribution < 1.29 is 19.2 Å². The predicted molar refractivity (Wildman–Crippen MR) is 84.6 cm³/mol. The Morgan fingerprint density at radius 2 is 2.13 bits per heavy atom. The van der Waals surface area contributed by atoms with E-state index >= 15 is 0 Å². The van der Waals surface area contributed by atoms with Crippen LogP contribution in [0.1, 0.15) is 33.6 Å². The maximum Gasteiger partial charge on any atom is 0.410 e. The standard InChI is InChI=1S/C16H22N2O5/c1-16(2,3)23-15(19)17-9-5-8-14(11-17)22-13-7-4-6-12(10-13)18(20)21/h4,6-7,10,14H,5,8-9,11H2,1-3H3/t14-/m0/s1. The number of hydrogen-bond acceptors (Lipinski definition) is 5. The smallest absolute Gasteiger partial charge is 0.410 e. The molecule has 0 unspecified atom stereocenters. The molecule has 0 bridgehead atoms. The van der Waals surface area contributed by atoms with Crippen molar-refractivity contribution in [2.45, 2.75) is 45.3 Å². The quantitative estimate of drug-likeness (QED) is 0.629. The van der Waals surface area contributed by atoms with Crippen LogP contribution in [0.15, 0.2) is 24.3 Å². The summed E-state index contributed by atoms with van der Waals surface area (Å²) in [6, 6.07) is 6.08. The van der Waals surface area contributed by atoms with E-state index in [1.54, 1.807) is 17.0 Å². The summed E-state index contributed by atoms with van der Waals surface area (Å²) < 4.78 is 11.2. The largest absolute Gasteiger partial charge is 0.488 e. The molecular formula is C16H22N2O5. The molecule has 1 aromatic carbocycles. The summed E-state index contributed by atoms with van der Waals surface area (Å²) in [4.78, 5) is 24.1. The van der Waals surface area contributed by atoms with Gasteiger partial charge in [0.05, 0.1) is 17.5 Å². The summed E-state index contributed by atoms with van der Waals surface area (Å²) >= 11 is 0. The van der Waals surface area contributed by atoms with Crippen molar-refractivity contribution in [1.82, 2.24) is 4.90 Å². The number of nitro groups is 1. The Balaban J connectivity index is 1.97. The van der Waals surface area contributed by atoms with E-state index in [0.29, 0.717) is 18.8 Å². The molecule has 23 heavy (non-hydrogen) atoms. The Morgan fingerprint density at radius 3 is 2.78 bits per heavy atom. The number of nitro benzene ring substituents is 1. The van der Waals surface area contributed by atoms with Gasteiger partial charge in [0.2, 0.25) is 0 Å². The Hall–Kier alpha value is -2.31. The minimum atomic E-state index is -0.537. The van der Waals surface area contributed by atoms with E-state index in [9.17, 15) is 14.9 Å². The summed E-state index contributed by atoms with van der Waals surface area (Å²) in [6.45, 7) is 6.52. The highest BCUT2D eigenvalue weighted by molar-refractivity contribution is 5.68. The average Bonchev–Trinajstić information content (AvgIpc) is 2.46. The zero-order valence-electron chi connectivity index (χ0n) is 13.7. The molecule has 0 saturated carbocycles. The van der Waals surface area contributed by atoms with Gasteiger partial charge in [0.1, 0.15) is 17.5 Å². The molecule has 1 fully saturated rings. The third kappa shape index (κ3) is 5.12. The number of ether oxygens (including phenoxy) is 2. The van der Waals surface area contributed by atoms with E-state index in [-0.39, 0.29) is 17.9 Å². The van der Waals surface area contributed by atoms with Gasteiger partial charge in [-0.1, -0.05) is 6.07 Å². The van der Waals surface area contributed by atoms with Crippen LogP contribution in [0.3, 0.4) is 0 Å². The van der Waals surface area contributed by atoms with Gasteiger partial charge in [-0.2, -0.15) is 0 Å². The predicted octanol–water partition coefficient (Wildman–Crippen LogP) is 3.37. The number of benzene rings is 1. The first kappa shape index (κ1) is 17.1. The lowest BCUT2D eigenvalue weighted by molar-refractivity contribution is -0.385. The number of hydrogen-bond donors (Lipinski definition) is 0. The van der Waals surface area contributed by atoms with E-state index in [1.807, 2.05) is 20.8 Å². The second-order valence-electron chi connectivity index (χ2n) is 6.56. The highest BCUT2D eigenvalue weighted by Gasteiger charge is 2.28. The molecule has 1 aliphatic heterocycles. The number of carbonyl (C=O) groups excluding carboxylic acids is 1. The first-order chi connectivity index (χ1) is 10.7. The van der Waals surface area contributed by atoms with Crippen LogP contribution < -0.4 is 4.74 Å². The topological polar surface area (TPSA) is 81.9 Å². The molecule has 1 heterocycles. The van der Waals surface area contributed by atoms with Crippen molar-refractivity contribution in [2.75, 3.05) is 13.1 Å². The SMILES string of the molecule is CC(C)(C)OC(=O)N1CCC[C@H](Oc2cccc([N+](=O)[O-])c2)C1. The minimum Gasteiger partial charge on any atom is -0.488 e. The van der Waals surface area contributed by atoms with Crippen LogP contribution in [-0.4, -0.2) is 40.7 Å². The van der Waals surface area contributed by atoms with Crippen LogP contribution in [0.2, 0.25) is 0 Å². The molecule has 7 heteroatoms. The molecule has 0 radical (unpaired) electrons. The number of nitrogens with zero attached hydrogens (tertiary/aromatic N) is 2. The number of non-ortho nitro benzene ring substituents is 1. The fourth-order valence-corrected chi connectivity index (χ4v) is 2.39. The van der Waals surface area contributed by atoms with E-state index in [0.717, 1.165) is 12.8 Å². The monoisotopic (exact) mass is 322 g/mol. The molecule has 1 atom stereocenters. The molecule has 0 aliphatic carbocycles. The molecule has 1 amide bonds. The van der Waals surface area contributed by atoms with Gasteiger partial charge in [0.15, 0.2) is 0 Å². The molecule has 2 rings (SSSR count). The number of likely N-dealkylation sites (tertiary alicyclic amines) is 1. The molecule has 1 aromatic rings. The molecule has 7 nitrogen and oxygen atoms in total. The van der Waals surface area contributed by atoms with Gasteiger partial charge in [-0.15, -0.1) is 0 Å². The van der Waals surface area contributed by atoms with Gasteiger partial charge >= 0.3 is 6.09 Å². The van der Waals surface area contributed by atoms with Gasteiger partial charge in [0.25, 0.3) is 5.69 Å². The molecule has 1 aliphatic rings. The molecule has 1 saturated heterocycles. The van der Waals surface area contributed by atoms with Crippen LogP contribution in [0.4, 0.5) is 10.5 Å². The molecule has 0 spiro atoms. The fourth-order valence-electron chi connectivity index (χ4n) is 2.39. The highest BCUT2D eigenvalue weighted by Crippen LogP contribution is 2.23. The lowest BCUT2D eigenvalue weighted by Gasteiger charge is -2.34. The average molecular weight is 322 g/mol. The van der Waals surface area contributed by atoms with Crippen LogP contribution in [0.25, 0.3) is 0 Å². The Bertz CT molecular complexity index is 582.